The number of hydrogen-bond donors (Lipinski definition) is 16. The molecule has 2 aromatic carbocycles. The zero-order chi connectivity index (χ0) is 33.1. The van der Waals surface area contributed by atoms with Gasteiger partial charge in [0.15, 0.2) is 23.0 Å². The lowest BCUT2D eigenvalue weighted by Gasteiger charge is -2.43. The Morgan fingerprint density at radius 3 is 1.63 bits per heavy atom. The highest BCUT2D eigenvalue weighted by Crippen LogP contribution is 2.60. The SMILES string of the molecule is CCC1OC(c2c(O)c(O)c(Cl)c(C(O)(O)c3c(O)c(O)c(OC(O)(O)C(O)(O)O)c(O)c3O)c2O)C(O)C(CC)C1O. The molecule has 43 heavy (non-hydrogen) atoms. The second kappa shape index (κ2) is 11.3. The third-order valence-corrected chi connectivity index (χ3v) is 7.55. The summed E-state index contributed by atoms with van der Waals surface area (Å²) in [5.41, 5.74) is -4.07. The molecule has 0 bridgehead atoms. The number of aliphatic hydroxyl groups excluding tert-OH is 2. The minimum absolute atomic E-state index is 0.151. The molecule has 2 aromatic rings. The molecule has 3 rings (SSSR count). The molecule has 19 heteroatoms. The van der Waals surface area contributed by atoms with Gasteiger partial charge < -0.3 is 91.2 Å². The van der Waals surface area contributed by atoms with Crippen LogP contribution >= 0.6 is 11.6 Å². The Balaban J connectivity index is 2.31. The Morgan fingerprint density at radius 2 is 1.19 bits per heavy atom. The molecule has 0 amide bonds. The fourth-order valence-electron chi connectivity index (χ4n) is 4.84. The van der Waals surface area contributed by atoms with E-state index in [1.165, 1.54) is 0 Å². The lowest BCUT2D eigenvalue weighted by Crippen LogP contribution is -2.58. The second-order valence-electron chi connectivity index (χ2n) is 9.82. The van der Waals surface area contributed by atoms with Crippen LogP contribution < -0.4 is 4.74 Å². The maximum absolute atomic E-state index is 11.2. The maximum Gasteiger partial charge on any atom is 0.409 e. The summed E-state index contributed by atoms with van der Waals surface area (Å²) in [6.45, 7) is 3.20. The van der Waals surface area contributed by atoms with Gasteiger partial charge in [0.25, 0.3) is 0 Å². The van der Waals surface area contributed by atoms with Gasteiger partial charge in [0.1, 0.15) is 17.4 Å². The minimum Gasteiger partial charge on any atom is -0.507 e. The molecule has 1 saturated heterocycles. The molecule has 0 saturated carbocycles. The molecule has 16 N–H and O–H groups in total. The summed E-state index contributed by atoms with van der Waals surface area (Å²) in [4.78, 5) is 0. The predicted octanol–water partition coefficient (Wildman–Crippen LogP) is -2.29. The molecule has 1 aliphatic rings. The Labute approximate surface area is 245 Å². The van der Waals surface area contributed by atoms with Crippen LogP contribution in [0.1, 0.15) is 49.5 Å². The normalized spacial score (nSPS) is 23.4. The van der Waals surface area contributed by atoms with Gasteiger partial charge in [-0.05, 0) is 12.8 Å². The number of aromatic hydroxyl groups is 7. The second-order valence-corrected chi connectivity index (χ2v) is 10.2. The van der Waals surface area contributed by atoms with E-state index in [0.29, 0.717) is 0 Å². The van der Waals surface area contributed by atoms with Crippen molar-refractivity contribution in [3.05, 3.63) is 21.7 Å². The molecule has 18 nitrogen and oxygen atoms in total. The van der Waals surface area contributed by atoms with E-state index in [-0.39, 0.29) is 12.8 Å². The number of benzene rings is 2. The van der Waals surface area contributed by atoms with Crippen LogP contribution in [-0.4, -0.2) is 112 Å². The van der Waals surface area contributed by atoms with Gasteiger partial charge >= 0.3 is 11.9 Å². The Hall–Kier alpha value is -3.27. The van der Waals surface area contributed by atoms with Crippen molar-refractivity contribution in [2.75, 3.05) is 0 Å². The first kappa shape index (κ1) is 34.2. The van der Waals surface area contributed by atoms with Gasteiger partial charge in [-0.1, -0.05) is 25.4 Å². The molecule has 5 unspecified atom stereocenters. The van der Waals surface area contributed by atoms with Gasteiger partial charge in [0.2, 0.25) is 23.0 Å². The van der Waals surface area contributed by atoms with Crippen molar-refractivity contribution in [2.24, 2.45) is 5.92 Å². The smallest absolute Gasteiger partial charge is 0.409 e. The van der Waals surface area contributed by atoms with Crippen LogP contribution in [0.15, 0.2) is 0 Å². The van der Waals surface area contributed by atoms with Gasteiger partial charge in [-0.15, -0.1) is 0 Å². The zero-order valence-electron chi connectivity index (χ0n) is 22.2. The highest BCUT2D eigenvalue weighted by Gasteiger charge is 2.53. The topological polar surface area (TPSA) is 342 Å². The number of phenols is 7. The first-order chi connectivity index (χ1) is 19.6. The number of rotatable bonds is 8. The molecular formula is C24H31ClO18. The third kappa shape index (κ3) is 5.36. The summed E-state index contributed by atoms with van der Waals surface area (Å²) < 4.78 is 9.71. The summed E-state index contributed by atoms with van der Waals surface area (Å²) in [6, 6.07) is 0. The van der Waals surface area contributed by atoms with E-state index < -0.39 is 116 Å². The molecule has 0 aliphatic carbocycles. The largest absolute Gasteiger partial charge is 0.507 e. The molecule has 5 atom stereocenters. The van der Waals surface area contributed by atoms with Gasteiger partial charge in [-0.2, -0.15) is 0 Å². The van der Waals surface area contributed by atoms with Gasteiger partial charge in [-0.3, -0.25) is 0 Å². The van der Waals surface area contributed by atoms with Crippen molar-refractivity contribution in [2.45, 2.75) is 68.8 Å². The van der Waals surface area contributed by atoms with Crippen LogP contribution in [0.4, 0.5) is 0 Å². The van der Waals surface area contributed by atoms with Crippen molar-refractivity contribution in [3.8, 4) is 46.0 Å². The molecular weight excluding hydrogens is 612 g/mol. The first-order valence-corrected chi connectivity index (χ1v) is 12.7. The first-order valence-electron chi connectivity index (χ1n) is 12.3. The average Bonchev–Trinajstić information content (AvgIpc) is 2.89. The Kier molecular flexibility index (Phi) is 9.02. The molecule has 0 radical (unpaired) electrons. The van der Waals surface area contributed by atoms with Gasteiger partial charge in [0.05, 0.1) is 34.5 Å². The standard InChI is InChI=1S/C24H31ClO18/c1-3-5-11(26)6(4-2)42-20(12(5)27)7-13(28)8(10(25)17(32)14(7)29)22(35,36)9-15(30)18(33)21(19(34)16(9)31)43-24(40,41)23(37,38)39/h5-6,11-12,20,26-41H,3-4H2,1-2H3. The van der Waals surface area contributed by atoms with Crippen LogP contribution in [0.3, 0.4) is 0 Å². The summed E-state index contributed by atoms with van der Waals surface area (Å²) >= 11 is 5.98. The number of aliphatic hydroxyl groups is 9. The van der Waals surface area contributed by atoms with Crippen LogP contribution in [0, 0.1) is 5.92 Å². The number of ether oxygens (including phenoxy) is 2. The summed E-state index contributed by atoms with van der Waals surface area (Å²) in [7, 11) is 0. The fraction of sp³-hybridized carbons (Fsp3) is 0.500. The van der Waals surface area contributed by atoms with E-state index in [9.17, 15) is 66.4 Å². The van der Waals surface area contributed by atoms with E-state index in [1.54, 1.807) is 13.8 Å². The molecule has 1 heterocycles. The van der Waals surface area contributed by atoms with Crippen LogP contribution in [0.2, 0.25) is 5.02 Å². The molecule has 0 spiro atoms. The summed E-state index contributed by atoms with van der Waals surface area (Å²) in [5.74, 6) is -27.2. The van der Waals surface area contributed by atoms with E-state index in [0.717, 1.165) is 0 Å². The average molecular weight is 643 g/mol. The summed E-state index contributed by atoms with van der Waals surface area (Å²) in [6.07, 6.45) is -5.38. The van der Waals surface area contributed by atoms with Crippen LogP contribution in [0.25, 0.3) is 0 Å². The number of halogens is 1. The van der Waals surface area contributed by atoms with Crippen molar-refractivity contribution in [1.29, 1.82) is 0 Å². The summed E-state index contributed by atoms with van der Waals surface area (Å²) in [5, 5.41) is 162. The van der Waals surface area contributed by atoms with E-state index in [4.69, 9.17) is 31.7 Å². The predicted molar refractivity (Wildman–Crippen MR) is 136 cm³/mol. The molecule has 242 valence electrons. The van der Waals surface area contributed by atoms with E-state index >= 15 is 0 Å². The highest BCUT2D eigenvalue weighted by atomic mass is 35.5. The van der Waals surface area contributed by atoms with E-state index in [2.05, 4.69) is 4.74 Å². The van der Waals surface area contributed by atoms with Crippen LogP contribution in [0.5, 0.6) is 46.0 Å². The number of hydrogen-bond acceptors (Lipinski definition) is 18. The monoisotopic (exact) mass is 642 g/mol. The molecule has 0 aromatic heterocycles. The third-order valence-electron chi connectivity index (χ3n) is 7.18. The fourth-order valence-corrected chi connectivity index (χ4v) is 5.15. The zero-order valence-corrected chi connectivity index (χ0v) is 22.9. The van der Waals surface area contributed by atoms with Crippen LogP contribution in [-0.2, 0) is 10.5 Å². The minimum atomic E-state index is -4.50. The van der Waals surface area contributed by atoms with Crippen molar-refractivity contribution < 1.29 is 91.2 Å². The lowest BCUT2D eigenvalue weighted by molar-refractivity contribution is -0.502. The van der Waals surface area contributed by atoms with E-state index in [1.807, 2.05) is 0 Å². The molecule has 1 fully saturated rings. The van der Waals surface area contributed by atoms with Crippen molar-refractivity contribution in [3.63, 3.8) is 0 Å². The van der Waals surface area contributed by atoms with Crippen molar-refractivity contribution in [1.82, 2.24) is 0 Å². The molecule has 1 aliphatic heterocycles. The highest BCUT2D eigenvalue weighted by molar-refractivity contribution is 6.33. The number of phenolic OH excluding ortho intramolecular Hbond substituents is 7. The Morgan fingerprint density at radius 1 is 0.674 bits per heavy atom. The quantitative estimate of drug-likeness (QED) is 0.0817. The van der Waals surface area contributed by atoms with Gasteiger partial charge in [-0.25, -0.2) is 0 Å². The lowest BCUT2D eigenvalue weighted by atomic mass is 9.80. The van der Waals surface area contributed by atoms with Gasteiger partial charge in [0, 0.05) is 5.92 Å². The Bertz CT molecular complexity index is 1360. The van der Waals surface area contributed by atoms with Crippen molar-refractivity contribution >= 4 is 11.6 Å². The maximum atomic E-state index is 11.2.